The van der Waals surface area contributed by atoms with Gasteiger partial charge in [0.25, 0.3) is 5.91 Å². The normalized spacial score (nSPS) is 13.1. The van der Waals surface area contributed by atoms with E-state index in [-0.39, 0.29) is 21.6 Å². The summed E-state index contributed by atoms with van der Waals surface area (Å²) in [6, 6.07) is 10.8. The number of hydrogen-bond donors (Lipinski definition) is 2. The molecule has 0 spiro atoms. The predicted molar refractivity (Wildman–Crippen MR) is 147 cm³/mol. The summed E-state index contributed by atoms with van der Waals surface area (Å²) in [7, 11) is 1.49. The van der Waals surface area contributed by atoms with Crippen molar-refractivity contribution in [3.05, 3.63) is 103 Å². The first-order chi connectivity index (χ1) is 18.2. The van der Waals surface area contributed by atoms with Crippen LogP contribution in [0.3, 0.4) is 0 Å². The Morgan fingerprint density at radius 1 is 1.18 bits per heavy atom. The zero-order chi connectivity index (χ0) is 29.1. The van der Waals surface area contributed by atoms with Gasteiger partial charge in [-0.3, -0.25) is 20.2 Å². The number of nitrogens with zero attached hydrogens (tertiary/aromatic N) is 2. The predicted octanol–water partition coefficient (Wildman–Crippen LogP) is 6.39. The van der Waals surface area contributed by atoms with Gasteiger partial charge in [0.15, 0.2) is 0 Å². The Balaban J connectivity index is 2.26. The first-order valence-corrected chi connectivity index (χ1v) is 12.9. The number of hydrogen-bond acceptors (Lipinski definition) is 6. The number of benzene rings is 3. The van der Waals surface area contributed by atoms with Crippen molar-refractivity contribution in [2.75, 3.05) is 7.11 Å². The van der Waals surface area contributed by atoms with Crippen molar-refractivity contribution in [1.82, 2.24) is 10.2 Å². The van der Waals surface area contributed by atoms with Crippen LogP contribution in [0.15, 0.2) is 59.1 Å². The van der Waals surface area contributed by atoms with E-state index in [0.29, 0.717) is 11.3 Å². The first-order valence-electron chi connectivity index (χ1n) is 11.7. The standard InChI is InChI=1S/C27H27BrClF2N3O5/c1-27(2,3)32-25(35)24(19-13-17(30)7-10-21(19)29)33(14-15-5-8-18(39-4)9-6-15)26(36)20-11-16(28)12-22(23(20)31)34(37)38/h5-13,24-25,32,35H,14H2,1-4H3. The van der Waals surface area contributed by atoms with Crippen molar-refractivity contribution in [2.24, 2.45) is 0 Å². The number of nitrogens with one attached hydrogen (secondary N) is 1. The molecule has 1 amide bonds. The van der Waals surface area contributed by atoms with Crippen molar-refractivity contribution >= 4 is 39.1 Å². The van der Waals surface area contributed by atoms with Crippen LogP contribution in [0.25, 0.3) is 0 Å². The lowest BCUT2D eigenvalue weighted by Gasteiger charge is -2.38. The maximum absolute atomic E-state index is 15.3. The number of aliphatic hydroxyl groups excluding tert-OH is 1. The third kappa shape index (κ3) is 7.51. The number of amides is 1. The van der Waals surface area contributed by atoms with E-state index in [1.807, 2.05) is 0 Å². The zero-order valence-electron chi connectivity index (χ0n) is 21.5. The second-order valence-electron chi connectivity index (χ2n) is 9.77. The topological polar surface area (TPSA) is 105 Å². The summed E-state index contributed by atoms with van der Waals surface area (Å²) in [4.78, 5) is 25.7. The molecule has 8 nitrogen and oxygen atoms in total. The average molecular weight is 627 g/mol. The van der Waals surface area contributed by atoms with Crippen molar-refractivity contribution in [1.29, 1.82) is 0 Å². The number of ether oxygens (including phenoxy) is 1. The second kappa shape index (κ2) is 12.4. The molecule has 0 aliphatic heterocycles. The maximum atomic E-state index is 15.3. The van der Waals surface area contributed by atoms with Gasteiger partial charge in [-0.25, -0.2) is 4.39 Å². The van der Waals surface area contributed by atoms with Crippen LogP contribution < -0.4 is 10.1 Å². The van der Waals surface area contributed by atoms with Gasteiger partial charge in [-0.05, 0) is 62.7 Å². The van der Waals surface area contributed by atoms with Gasteiger partial charge in [0, 0.05) is 33.2 Å². The van der Waals surface area contributed by atoms with Gasteiger partial charge in [0.2, 0.25) is 5.82 Å². The minimum absolute atomic E-state index is 0.0457. The molecule has 0 aromatic heterocycles. The highest BCUT2D eigenvalue weighted by molar-refractivity contribution is 9.10. The monoisotopic (exact) mass is 625 g/mol. The lowest BCUT2D eigenvalue weighted by molar-refractivity contribution is -0.387. The van der Waals surface area contributed by atoms with Crippen LogP contribution in [0.4, 0.5) is 14.5 Å². The Kier molecular flexibility index (Phi) is 9.65. The van der Waals surface area contributed by atoms with Crippen LogP contribution in [0.5, 0.6) is 5.75 Å². The zero-order valence-corrected chi connectivity index (χ0v) is 23.9. The molecule has 0 aliphatic rings. The van der Waals surface area contributed by atoms with E-state index in [0.717, 1.165) is 29.2 Å². The van der Waals surface area contributed by atoms with E-state index in [1.54, 1.807) is 45.0 Å². The Morgan fingerprint density at radius 2 is 1.82 bits per heavy atom. The van der Waals surface area contributed by atoms with E-state index in [1.165, 1.54) is 13.2 Å². The summed E-state index contributed by atoms with van der Waals surface area (Å²) >= 11 is 9.54. The molecule has 0 saturated carbocycles. The molecular weight excluding hydrogens is 600 g/mol. The maximum Gasteiger partial charge on any atom is 0.306 e. The summed E-state index contributed by atoms with van der Waals surface area (Å²) in [5, 5.41) is 25.9. The van der Waals surface area contributed by atoms with Crippen LogP contribution >= 0.6 is 27.5 Å². The molecule has 0 fully saturated rings. The van der Waals surface area contributed by atoms with Crippen LogP contribution in [0.2, 0.25) is 5.02 Å². The summed E-state index contributed by atoms with van der Waals surface area (Å²) in [6.07, 6.45) is -1.52. The SMILES string of the molecule is COc1ccc(CN(C(=O)c2cc(Br)cc([N+](=O)[O-])c2F)C(c2cc(F)ccc2Cl)C(O)NC(C)(C)C)cc1. The molecule has 2 N–H and O–H groups in total. The molecule has 3 aromatic carbocycles. The number of nitro groups is 1. The molecule has 0 saturated heterocycles. The summed E-state index contributed by atoms with van der Waals surface area (Å²) < 4.78 is 35.1. The smallest absolute Gasteiger partial charge is 0.306 e. The third-order valence-electron chi connectivity index (χ3n) is 5.71. The highest BCUT2D eigenvalue weighted by Crippen LogP contribution is 2.35. The number of nitro benzene ring substituents is 1. The Hall–Kier alpha value is -3.12. The fourth-order valence-corrected chi connectivity index (χ4v) is 4.69. The number of methoxy groups -OCH3 is 1. The quantitative estimate of drug-likeness (QED) is 0.162. The molecule has 0 heterocycles. The van der Waals surface area contributed by atoms with Gasteiger partial charge >= 0.3 is 5.69 Å². The minimum atomic E-state index is -1.52. The second-order valence-corrected chi connectivity index (χ2v) is 11.1. The van der Waals surface area contributed by atoms with Crippen LogP contribution in [-0.4, -0.2) is 39.7 Å². The van der Waals surface area contributed by atoms with Crippen LogP contribution in [0.1, 0.15) is 48.3 Å². The molecule has 0 aliphatic carbocycles. The summed E-state index contributed by atoms with van der Waals surface area (Å²) in [5.74, 6) is -2.48. The molecular formula is C27H27BrClF2N3O5. The highest BCUT2D eigenvalue weighted by atomic mass is 79.9. The van der Waals surface area contributed by atoms with Gasteiger partial charge in [-0.15, -0.1) is 0 Å². The largest absolute Gasteiger partial charge is 0.497 e. The molecule has 0 radical (unpaired) electrons. The van der Waals surface area contributed by atoms with Crippen molar-refractivity contribution < 1.29 is 28.3 Å². The number of carbonyl (C=O) groups is 1. The molecule has 3 rings (SSSR count). The molecule has 3 aromatic rings. The number of carbonyl (C=O) groups excluding carboxylic acids is 1. The van der Waals surface area contributed by atoms with Gasteiger partial charge in [-0.1, -0.05) is 39.7 Å². The molecule has 2 atom stereocenters. The fourth-order valence-electron chi connectivity index (χ4n) is 4.01. The summed E-state index contributed by atoms with van der Waals surface area (Å²) in [5.41, 5.74) is -1.61. The van der Waals surface area contributed by atoms with Crippen LogP contribution in [-0.2, 0) is 6.54 Å². The lowest BCUT2D eigenvalue weighted by atomic mass is 9.98. The van der Waals surface area contributed by atoms with E-state index in [9.17, 15) is 24.4 Å². The number of aliphatic hydroxyl groups is 1. The van der Waals surface area contributed by atoms with Gasteiger partial charge in [0.05, 0.1) is 23.6 Å². The highest BCUT2D eigenvalue weighted by Gasteiger charge is 2.37. The third-order valence-corrected chi connectivity index (χ3v) is 6.51. The van der Waals surface area contributed by atoms with E-state index in [4.69, 9.17) is 16.3 Å². The van der Waals surface area contributed by atoms with Gasteiger partial charge < -0.3 is 14.7 Å². The molecule has 0 bridgehead atoms. The Labute approximate surface area is 237 Å². The number of halogens is 4. The van der Waals surface area contributed by atoms with E-state index < -0.39 is 51.5 Å². The molecule has 12 heteroatoms. The Bertz CT molecular complexity index is 1370. The van der Waals surface area contributed by atoms with Crippen LogP contribution in [0, 0.1) is 21.7 Å². The van der Waals surface area contributed by atoms with E-state index in [2.05, 4.69) is 21.2 Å². The van der Waals surface area contributed by atoms with Gasteiger partial charge in [-0.2, -0.15) is 4.39 Å². The molecule has 208 valence electrons. The Morgan fingerprint density at radius 3 is 2.38 bits per heavy atom. The van der Waals surface area contributed by atoms with Crippen molar-refractivity contribution in [3.63, 3.8) is 0 Å². The molecule has 2 unspecified atom stereocenters. The molecule has 39 heavy (non-hydrogen) atoms. The first kappa shape index (κ1) is 30.4. The van der Waals surface area contributed by atoms with Gasteiger partial charge in [0.1, 0.15) is 17.8 Å². The fraction of sp³-hybridized carbons (Fsp3) is 0.296. The van der Waals surface area contributed by atoms with E-state index >= 15 is 4.39 Å². The summed E-state index contributed by atoms with van der Waals surface area (Å²) in [6.45, 7) is 5.11. The lowest BCUT2D eigenvalue weighted by Crippen LogP contribution is -2.52. The van der Waals surface area contributed by atoms with Crippen molar-refractivity contribution in [2.45, 2.75) is 45.1 Å². The average Bonchev–Trinajstić information content (AvgIpc) is 2.85. The number of rotatable bonds is 9. The van der Waals surface area contributed by atoms with Crippen molar-refractivity contribution in [3.8, 4) is 5.75 Å². The minimum Gasteiger partial charge on any atom is -0.497 e.